The number of rotatable bonds is 40. The number of amides is 2. The molecular weight excluding hydrogens is 1270 g/mol. The molecule has 0 saturated heterocycles. The molecule has 2 unspecified atom stereocenters. The van der Waals surface area contributed by atoms with Crippen LogP contribution in [0.25, 0.3) is 64.4 Å². The van der Waals surface area contributed by atoms with Gasteiger partial charge in [0.05, 0.1) is 30.1 Å². The first-order valence-electron chi connectivity index (χ1n) is 34.4. The molecule has 7 aromatic rings. The number of anilines is 2. The first-order chi connectivity index (χ1) is 42.6. The molecule has 9 rings (SSSR count). The second kappa shape index (κ2) is 35.3. The van der Waals surface area contributed by atoms with E-state index in [9.17, 15) is 0 Å². The Kier molecular flexibility index (Phi) is 27.4. The van der Waals surface area contributed by atoms with Crippen LogP contribution < -0.4 is 9.80 Å². The van der Waals surface area contributed by atoms with Crippen LogP contribution in [-0.2, 0) is 9.59 Å². The van der Waals surface area contributed by atoms with Crippen LogP contribution in [-0.4, -0.2) is 24.9 Å². The van der Waals surface area contributed by atoms with Gasteiger partial charge in [-0.05, 0) is 153 Å². The fourth-order valence-electron chi connectivity index (χ4n) is 13.8. The smallest absolute Gasteiger partial charge is 0.259 e. The normalized spacial score (nSPS) is 15.0. The van der Waals surface area contributed by atoms with E-state index < -0.39 is 0 Å². The van der Waals surface area contributed by atoms with Crippen molar-refractivity contribution in [3.8, 4) is 20.9 Å². The molecule has 2 amide bonds. The zero-order valence-corrected chi connectivity index (χ0v) is 59.9. The van der Waals surface area contributed by atoms with Gasteiger partial charge in [-0.3, -0.25) is 9.59 Å². The van der Waals surface area contributed by atoms with Crippen molar-refractivity contribution in [2.75, 3.05) is 22.9 Å². The summed E-state index contributed by atoms with van der Waals surface area (Å²) in [5, 5.41) is 2.64. The predicted molar refractivity (Wildman–Crippen MR) is 395 cm³/mol. The number of carbonyl (C=O) groups excluding carboxylic acids is 2. The van der Waals surface area contributed by atoms with Crippen molar-refractivity contribution in [1.29, 1.82) is 0 Å². The van der Waals surface area contributed by atoms with Crippen molar-refractivity contribution in [3.63, 3.8) is 0 Å². The predicted octanol–water partition coefficient (Wildman–Crippen LogP) is 27.0. The summed E-state index contributed by atoms with van der Waals surface area (Å²) in [6, 6.07) is 28.7. The third-order valence-corrected chi connectivity index (χ3v) is 24.4. The summed E-state index contributed by atoms with van der Waals surface area (Å²) < 4.78 is 5.00. The first kappa shape index (κ1) is 67.7. The van der Waals surface area contributed by atoms with Gasteiger partial charge in [-0.25, -0.2) is 0 Å². The van der Waals surface area contributed by atoms with Crippen LogP contribution >= 0.6 is 77.2 Å². The molecule has 87 heavy (non-hydrogen) atoms. The summed E-state index contributed by atoms with van der Waals surface area (Å²) in [6.07, 6.45) is 45.2. The highest BCUT2D eigenvalue weighted by Crippen LogP contribution is 2.51. The fraction of sp³-hybridized carbons (Fsp3) is 0.532. The minimum atomic E-state index is 0.00385. The fourth-order valence-corrected chi connectivity index (χ4v) is 19.1. The number of aryl methyl sites for hydroxylation is 1. The summed E-state index contributed by atoms with van der Waals surface area (Å²) in [7, 11) is 0. The number of carbonyl (C=O) groups is 2. The first-order valence-corrected chi connectivity index (χ1v) is 39.3. The largest absolute Gasteiger partial charge is 0.307 e. The maximum atomic E-state index is 15.9. The lowest BCUT2D eigenvalue weighted by Crippen LogP contribution is -2.34. The molecule has 0 radical (unpaired) electrons. The van der Waals surface area contributed by atoms with Crippen LogP contribution in [0.3, 0.4) is 0 Å². The molecule has 2 aliphatic rings. The third kappa shape index (κ3) is 18.1. The van der Waals surface area contributed by atoms with Crippen LogP contribution in [0.4, 0.5) is 11.4 Å². The topological polar surface area (TPSA) is 40.6 Å². The molecule has 0 N–H and O–H groups in total. The molecule has 2 atom stereocenters. The van der Waals surface area contributed by atoms with Gasteiger partial charge in [-0.2, -0.15) is 0 Å². The number of halogens is 2. The number of nitrogens with zero attached hydrogens (tertiary/aromatic N) is 2. The average molecular weight is 1370 g/mol. The molecule has 468 valence electrons. The SMILES string of the molecule is CCCCCCCCCCC(CCCCCCCC)CN1C(=O)/C(=C2\C(=O)N(CC(CCCCCCCC)CCCCCCCCCC)c3cc(-c4ccc(/C=C/c5ccc(-c6c7cc(Br)sc7c(C)c7cc(Br)sc67)s5)s4)ccc32)c2ccccc21. The molecule has 0 saturated carbocycles. The van der Waals surface area contributed by atoms with Crippen LogP contribution in [0.15, 0.2) is 86.4 Å². The van der Waals surface area contributed by atoms with E-state index in [-0.39, 0.29) is 11.8 Å². The standard InChI is InChI=1S/C77H100Br2N2O2S4/c1-6-10-14-18-22-24-28-32-37-56(36-30-26-20-16-12-8-3)53-80-65-41-35-34-40-61(65)72(76(80)82)73-62-47-42-58(50-66(62)81(77(73)83)54-57(38-31-27-21-17-13-9-4)39-33-29-25-23-19-15-11-7-2)67-48-45-59(84-67)43-44-60-46-49-68(85-60)71-64-52-70(79)86-74(64)55(5)63-51-69(78)87-75(63)71/h34-35,40-52,56-57H,6-33,36-39,53-54H2,1-5H3/b44-43+,73-72-. The summed E-state index contributed by atoms with van der Waals surface area (Å²) in [5.74, 6) is 0.830. The Morgan fingerprint density at radius 1 is 0.425 bits per heavy atom. The number of para-hydroxylation sites is 1. The van der Waals surface area contributed by atoms with Crippen LogP contribution in [0.1, 0.15) is 260 Å². The van der Waals surface area contributed by atoms with Crippen molar-refractivity contribution >= 4 is 144 Å². The van der Waals surface area contributed by atoms with Gasteiger partial charge in [0, 0.05) is 64.1 Å². The molecule has 2 aliphatic heterocycles. The Hall–Kier alpha value is -3.64. The maximum absolute atomic E-state index is 15.9. The Labute approximate surface area is 557 Å². The van der Waals surface area contributed by atoms with Gasteiger partial charge in [-0.15, -0.1) is 45.3 Å². The highest BCUT2D eigenvalue weighted by atomic mass is 79.9. The van der Waals surface area contributed by atoms with Crippen LogP contribution in [0.2, 0.25) is 0 Å². The Bertz CT molecular complexity index is 3310. The van der Waals surface area contributed by atoms with E-state index >= 15 is 9.59 Å². The van der Waals surface area contributed by atoms with E-state index in [0.29, 0.717) is 36.1 Å². The number of hydrogen-bond acceptors (Lipinski definition) is 6. The highest BCUT2D eigenvalue weighted by molar-refractivity contribution is 9.11. The molecule has 3 aromatic carbocycles. The lowest BCUT2D eigenvalue weighted by Gasteiger charge is -2.25. The van der Waals surface area contributed by atoms with Crippen molar-refractivity contribution in [2.45, 2.75) is 240 Å². The summed E-state index contributed by atoms with van der Waals surface area (Å²) >= 11 is 14.9. The number of thiophene rings is 4. The van der Waals surface area contributed by atoms with Crippen molar-refractivity contribution in [3.05, 3.63) is 113 Å². The van der Waals surface area contributed by atoms with E-state index in [4.69, 9.17) is 0 Å². The number of fused-ring (bicyclic) bond motifs is 4. The maximum Gasteiger partial charge on any atom is 0.259 e. The van der Waals surface area contributed by atoms with Gasteiger partial charge in [-0.1, -0.05) is 238 Å². The Morgan fingerprint density at radius 3 is 1.34 bits per heavy atom. The number of hydrogen-bond donors (Lipinski definition) is 0. The number of unbranched alkanes of at least 4 members (excludes halogenated alkanes) is 24. The molecule has 4 nitrogen and oxygen atoms in total. The quantitative estimate of drug-likeness (QED) is 0.0284. The van der Waals surface area contributed by atoms with Crippen molar-refractivity contribution in [2.24, 2.45) is 11.8 Å². The minimum Gasteiger partial charge on any atom is -0.307 e. The second-order valence-corrected chi connectivity index (χ2v) is 32.6. The van der Waals surface area contributed by atoms with Gasteiger partial charge < -0.3 is 9.80 Å². The molecule has 0 spiro atoms. The molecule has 4 aromatic heterocycles. The lowest BCUT2D eigenvalue weighted by atomic mass is 9.93. The van der Waals surface area contributed by atoms with Crippen LogP contribution in [0.5, 0.6) is 0 Å². The van der Waals surface area contributed by atoms with Crippen LogP contribution in [0, 0.1) is 18.8 Å². The zero-order valence-electron chi connectivity index (χ0n) is 53.5. The van der Waals surface area contributed by atoms with E-state index in [1.54, 1.807) is 11.3 Å². The lowest BCUT2D eigenvalue weighted by molar-refractivity contribution is -0.114. The van der Waals surface area contributed by atoms with E-state index in [0.717, 1.165) is 61.3 Å². The Morgan fingerprint density at radius 2 is 0.839 bits per heavy atom. The molecule has 6 heterocycles. The molecule has 0 fully saturated rings. The van der Waals surface area contributed by atoms with Gasteiger partial charge >= 0.3 is 0 Å². The van der Waals surface area contributed by atoms with Crippen molar-refractivity contribution in [1.82, 2.24) is 0 Å². The second-order valence-electron chi connectivity index (χ2n) is 25.5. The van der Waals surface area contributed by atoms with Crippen molar-refractivity contribution < 1.29 is 9.59 Å². The highest BCUT2D eigenvalue weighted by Gasteiger charge is 2.43. The molecule has 10 heteroatoms. The monoisotopic (exact) mass is 1370 g/mol. The Balaban J connectivity index is 1.01. The van der Waals surface area contributed by atoms with Gasteiger partial charge in [0.1, 0.15) is 0 Å². The minimum absolute atomic E-state index is 0.00385. The van der Waals surface area contributed by atoms with Gasteiger partial charge in [0.25, 0.3) is 11.8 Å². The molecular formula is C77H100Br2N2O2S4. The van der Waals surface area contributed by atoms with Gasteiger partial charge in [0.2, 0.25) is 0 Å². The summed E-state index contributed by atoms with van der Waals surface area (Å²) in [6.45, 7) is 12.8. The third-order valence-electron chi connectivity index (χ3n) is 18.8. The number of benzene rings is 3. The zero-order chi connectivity index (χ0) is 60.9. The van der Waals surface area contributed by atoms with Gasteiger partial charge in [0.15, 0.2) is 0 Å². The summed E-state index contributed by atoms with van der Waals surface area (Å²) in [4.78, 5) is 40.6. The van der Waals surface area contributed by atoms with E-state index in [1.807, 2.05) is 34.0 Å². The molecule has 0 bridgehead atoms. The molecule has 0 aliphatic carbocycles. The average Bonchev–Trinajstić information content (AvgIpc) is 1.64. The summed E-state index contributed by atoms with van der Waals surface area (Å²) in [5.41, 5.74) is 8.77. The van der Waals surface area contributed by atoms with E-state index in [2.05, 4.69) is 167 Å². The van der Waals surface area contributed by atoms with E-state index in [1.165, 1.54) is 231 Å².